The molecule has 1 aliphatic heterocycles. The standard InChI is InChI=1S/C34H22O6/c35-31(23-9-3-1-4-10-23)38-27-19-15-25(16-20-27)34(30-14-8-7-13-29(30)33(37)40-34)26-17-21-28(22-18-26)39-32(36)24-11-5-2-6-12-24/h1-22H. The largest absolute Gasteiger partial charge is 0.441 e. The van der Waals surface area contributed by atoms with Crippen molar-refractivity contribution in [3.8, 4) is 11.5 Å². The summed E-state index contributed by atoms with van der Waals surface area (Å²) in [6, 6.07) is 38.4. The van der Waals surface area contributed by atoms with Gasteiger partial charge >= 0.3 is 17.9 Å². The zero-order valence-corrected chi connectivity index (χ0v) is 21.2. The predicted molar refractivity (Wildman–Crippen MR) is 147 cm³/mol. The molecule has 0 aliphatic carbocycles. The van der Waals surface area contributed by atoms with E-state index in [1.807, 2.05) is 24.3 Å². The molecule has 0 N–H and O–H groups in total. The van der Waals surface area contributed by atoms with Crippen LogP contribution < -0.4 is 9.47 Å². The van der Waals surface area contributed by atoms with Crippen molar-refractivity contribution in [2.24, 2.45) is 0 Å². The van der Waals surface area contributed by atoms with E-state index in [-0.39, 0.29) is 0 Å². The van der Waals surface area contributed by atoms with Gasteiger partial charge < -0.3 is 14.2 Å². The van der Waals surface area contributed by atoms with Crippen molar-refractivity contribution in [1.82, 2.24) is 0 Å². The van der Waals surface area contributed by atoms with E-state index >= 15 is 0 Å². The molecule has 0 atom stereocenters. The van der Waals surface area contributed by atoms with Gasteiger partial charge in [0.2, 0.25) is 0 Å². The quantitative estimate of drug-likeness (QED) is 0.184. The van der Waals surface area contributed by atoms with Gasteiger partial charge in [-0.05, 0) is 54.6 Å². The third kappa shape index (κ3) is 4.52. The average Bonchev–Trinajstić information content (AvgIpc) is 3.32. The molecule has 0 aromatic heterocycles. The molecule has 1 aliphatic rings. The summed E-state index contributed by atoms with van der Waals surface area (Å²) >= 11 is 0. The number of esters is 3. The first-order chi connectivity index (χ1) is 19.5. The lowest BCUT2D eigenvalue weighted by Crippen LogP contribution is -2.29. The Balaban J connectivity index is 1.34. The van der Waals surface area contributed by atoms with Crippen LogP contribution in [0.5, 0.6) is 11.5 Å². The molecule has 0 unspecified atom stereocenters. The Morgan fingerprint density at radius 2 is 0.950 bits per heavy atom. The molecule has 0 radical (unpaired) electrons. The SMILES string of the molecule is O=C(Oc1ccc(C2(c3ccc(OC(=O)c4ccccc4)cc3)OC(=O)c3ccccc32)cc1)c1ccccc1. The Kier molecular flexibility index (Phi) is 6.42. The second-order valence-electron chi connectivity index (χ2n) is 9.18. The number of carbonyl (C=O) groups is 3. The molecule has 5 aromatic carbocycles. The van der Waals surface area contributed by atoms with Crippen LogP contribution in [0.1, 0.15) is 47.8 Å². The van der Waals surface area contributed by atoms with Crippen LogP contribution in [0.3, 0.4) is 0 Å². The van der Waals surface area contributed by atoms with Gasteiger partial charge in [0, 0.05) is 16.7 Å². The van der Waals surface area contributed by atoms with E-state index in [0.717, 1.165) is 0 Å². The van der Waals surface area contributed by atoms with Gasteiger partial charge in [0.25, 0.3) is 0 Å². The molecule has 1 heterocycles. The lowest BCUT2D eigenvalue weighted by atomic mass is 9.80. The van der Waals surface area contributed by atoms with Gasteiger partial charge in [0.1, 0.15) is 11.5 Å². The zero-order chi connectivity index (χ0) is 27.5. The molecule has 6 nitrogen and oxygen atoms in total. The van der Waals surface area contributed by atoms with Crippen molar-refractivity contribution in [2.75, 3.05) is 0 Å². The number of rotatable bonds is 6. The van der Waals surface area contributed by atoms with E-state index in [1.165, 1.54) is 0 Å². The fourth-order valence-electron chi connectivity index (χ4n) is 4.81. The molecule has 0 spiro atoms. The van der Waals surface area contributed by atoms with Gasteiger partial charge in [0.05, 0.1) is 16.7 Å². The minimum absolute atomic E-state index is 0.355. The normalized spacial score (nSPS) is 13.2. The van der Waals surface area contributed by atoms with Gasteiger partial charge in [-0.15, -0.1) is 0 Å². The number of cyclic esters (lactones) is 1. The molecule has 0 saturated carbocycles. The van der Waals surface area contributed by atoms with E-state index < -0.39 is 23.5 Å². The highest BCUT2D eigenvalue weighted by molar-refractivity contribution is 5.96. The topological polar surface area (TPSA) is 78.9 Å². The first-order valence-electron chi connectivity index (χ1n) is 12.6. The molecule has 0 saturated heterocycles. The lowest BCUT2D eigenvalue weighted by Gasteiger charge is -2.30. The number of carbonyl (C=O) groups excluding carboxylic acids is 3. The van der Waals surface area contributed by atoms with Gasteiger partial charge in [-0.2, -0.15) is 0 Å². The summed E-state index contributed by atoms with van der Waals surface area (Å²) in [6.07, 6.45) is 0. The van der Waals surface area contributed by atoms with E-state index in [2.05, 4.69) is 0 Å². The van der Waals surface area contributed by atoms with Crippen LogP contribution in [0.4, 0.5) is 0 Å². The van der Waals surface area contributed by atoms with Crippen molar-refractivity contribution >= 4 is 17.9 Å². The first kappa shape index (κ1) is 24.8. The van der Waals surface area contributed by atoms with E-state index in [0.29, 0.717) is 44.9 Å². The number of ether oxygens (including phenoxy) is 3. The number of hydrogen-bond acceptors (Lipinski definition) is 6. The molecule has 194 valence electrons. The molecule has 0 amide bonds. The van der Waals surface area contributed by atoms with E-state index in [1.54, 1.807) is 109 Å². The van der Waals surface area contributed by atoms with Crippen LogP contribution in [0.25, 0.3) is 0 Å². The van der Waals surface area contributed by atoms with Crippen LogP contribution in [-0.4, -0.2) is 17.9 Å². The maximum absolute atomic E-state index is 13.0. The number of hydrogen-bond donors (Lipinski definition) is 0. The van der Waals surface area contributed by atoms with Crippen LogP contribution in [0.15, 0.2) is 133 Å². The van der Waals surface area contributed by atoms with Crippen molar-refractivity contribution < 1.29 is 28.6 Å². The second kappa shape index (κ2) is 10.3. The highest BCUT2D eigenvalue weighted by Gasteiger charge is 2.48. The molecular weight excluding hydrogens is 504 g/mol. The highest BCUT2D eigenvalue weighted by atomic mass is 16.6. The second-order valence-corrected chi connectivity index (χ2v) is 9.18. The van der Waals surface area contributed by atoms with Gasteiger partial charge in [-0.3, -0.25) is 0 Å². The average molecular weight is 527 g/mol. The predicted octanol–water partition coefficient (Wildman–Crippen LogP) is 6.59. The summed E-state index contributed by atoms with van der Waals surface area (Å²) in [6.45, 7) is 0. The van der Waals surface area contributed by atoms with Crippen LogP contribution in [-0.2, 0) is 10.3 Å². The molecule has 0 fully saturated rings. The van der Waals surface area contributed by atoms with Crippen molar-refractivity contribution in [1.29, 1.82) is 0 Å². The fourth-order valence-corrected chi connectivity index (χ4v) is 4.81. The smallest absolute Gasteiger partial charge is 0.343 e. The summed E-state index contributed by atoms with van der Waals surface area (Å²) in [5.41, 5.74) is 2.10. The summed E-state index contributed by atoms with van der Waals surface area (Å²) in [5.74, 6) is -0.681. The molecule has 40 heavy (non-hydrogen) atoms. The van der Waals surface area contributed by atoms with Gasteiger partial charge in [0.15, 0.2) is 5.60 Å². The maximum atomic E-state index is 13.0. The third-order valence-electron chi connectivity index (χ3n) is 6.73. The Morgan fingerprint density at radius 3 is 1.43 bits per heavy atom. The Morgan fingerprint density at radius 1 is 0.525 bits per heavy atom. The molecular formula is C34H22O6. The van der Waals surface area contributed by atoms with Crippen LogP contribution >= 0.6 is 0 Å². The molecule has 6 rings (SSSR count). The number of benzene rings is 5. The minimum atomic E-state index is -1.25. The number of fused-ring (bicyclic) bond motifs is 1. The van der Waals surface area contributed by atoms with Crippen LogP contribution in [0, 0.1) is 0 Å². The summed E-state index contributed by atoms with van der Waals surface area (Å²) < 4.78 is 17.2. The monoisotopic (exact) mass is 526 g/mol. The highest BCUT2D eigenvalue weighted by Crippen LogP contribution is 2.47. The maximum Gasteiger partial charge on any atom is 0.343 e. The van der Waals surface area contributed by atoms with E-state index in [9.17, 15) is 14.4 Å². The van der Waals surface area contributed by atoms with Gasteiger partial charge in [-0.25, -0.2) is 14.4 Å². The summed E-state index contributed by atoms with van der Waals surface area (Å²) in [5, 5.41) is 0. The van der Waals surface area contributed by atoms with Crippen LogP contribution in [0.2, 0.25) is 0 Å². The van der Waals surface area contributed by atoms with Crippen molar-refractivity contribution in [3.63, 3.8) is 0 Å². The van der Waals surface area contributed by atoms with Crippen molar-refractivity contribution in [3.05, 3.63) is 167 Å². The third-order valence-corrected chi connectivity index (χ3v) is 6.73. The fraction of sp³-hybridized carbons (Fsp3) is 0.0294. The lowest BCUT2D eigenvalue weighted by molar-refractivity contribution is 0.0251. The zero-order valence-electron chi connectivity index (χ0n) is 21.2. The summed E-state index contributed by atoms with van der Waals surface area (Å²) in [7, 11) is 0. The van der Waals surface area contributed by atoms with Crippen molar-refractivity contribution in [2.45, 2.75) is 5.60 Å². The minimum Gasteiger partial charge on any atom is -0.441 e. The Labute approximate surface area is 230 Å². The molecule has 5 aromatic rings. The first-order valence-corrected chi connectivity index (χ1v) is 12.6. The molecule has 0 bridgehead atoms. The van der Waals surface area contributed by atoms with Gasteiger partial charge in [-0.1, -0.05) is 78.9 Å². The van der Waals surface area contributed by atoms with E-state index in [4.69, 9.17) is 14.2 Å². The Bertz CT molecular complexity index is 1590. The summed E-state index contributed by atoms with van der Waals surface area (Å²) in [4.78, 5) is 38.0. The Hall–Kier alpha value is -5.49. The molecule has 6 heteroatoms.